The summed E-state index contributed by atoms with van der Waals surface area (Å²) >= 11 is 5.97. The molecule has 0 radical (unpaired) electrons. The topological polar surface area (TPSA) is 72.7 Å². The molecular formula is C22H20ClN5O. The first-order valence-electron chi connectivity index (χ1n) is 9.25. The molecule has 0 aliphatic heterocycles. The molecule has 2 heterocycles. The Bertz CT molecular complexity index is 1180. The zero-order valence-corrected chi connectivity index (χ0v) is 16.9. The number of nitrogens with zero attached hydrogens (tertiary/aromatic N) is 4. The SMILES string of the molecule is Cc1cc2ncn(CC(=O)NCc3ncncc3-c3ccc(Cl)cc3)c2cc1C. The van der Waals surface area contributed by atoms with Crippen molar-refractivity contribution >= 4 is 28.5 Å². The Kier molecular flexibility index (Phi) is 5.27. The lowest BCUT2D eigenvalue weighted by atomic mass is 10.1. The first-order chi connectivity index (χ1) is 14.0. The fourth-order valence-corrected chi connectivity index (χ4v) is 3.32. The van der Waals surface area contributed by atoms with Crippen molar-refractivity contribution < 1.29 is 4.79 Å². The molecular weight excluding hydrogens is 386 g/mol. The number of benzene rings is 2. The number of aryl methyl sites for hydroxylation is 2. The van der Waals surface area contributed by atoms with E-state index >= 15 is 0 Å². The monoisotopic (exact) mass is 405 g/mol. The average Bonchev–Trinajstić information content (AvgIpc) is 3.09. The lowest BCUT2D eigenvalue weighted by molar-refractivity contribution is -0.121. The van der Waals surface area contributed by atoms with E-state index in [0.717, 1.165) is 27.9 Å². The van der Waals surface area contributed by atoms with Crippen LogP contribution in [0, 0.1) is 13.8 Å². The van der Waals surface area contributed by atoms with Gasteiger partial charge in [0.25, 0.3) is 0 Å². The summed E-state index contributed by atoms with van der Waals surface area (Å²) in [7, 11) is 0. The highest BCUT2D eigenvalue weighted by atomic mass is 35.5. The van der Waals surface area contributed by atoms with E-state index in [2.05, 4.69) is 40.2 Å². The number of nitrogens with one attached hydrogen (secondary N) is 1. The molecule has 7 heteroatoms. The predicted molar refractivity (Wildman–Crippen MR) is 114 cm³/mol. The number of imidazole rings is 1. The molecule has 6 nitrogen and oxygen atoms in total. The van der Waals surface area contributed by atoms with E-state index in [1.54, 1.807) is 12.5 Å². The van der Waals surface area contributed by atoms with E-state index in [9.17, 15) is 4.79 Å². The lowest BCUT2D eigenvalue weighted by Crippen LogP contribution is -2.27. The van der Waals surface area contributed by atoms with Crippen molar-refractivity contribution in [1.82, 2.24) is 24.8 Å². The van der Waals surface area contributed by atoms with Crippen LogP contribution in [0.15, 0.2) is 55.2 Å². The van der Waals surface area contributed by atoms with Gasteiger partial charge in [0.15, 0.2) is 0 Å². The largest absolute Gasteiger partial charge is 0.349 e. The molecule has 146 valence electrons. The second-order valence-corrected chi connectivity index (χ2v) is 7.40. The molecule has 0 unspecified atom stereocenters. The molecule has 4 rings (SSSR count). The minimum atomic E-state index is -0.108. The van der Waals surface area contributed by atoms with Crippen molar-refractivity contribution in [3.05, 3.63) is 77.1 Å². The maximum absolute atomic E-state index is 12.6. The molecule has 0 aliphatic rings. The van der Waals surface area contributed by atoms with Gasteiger partial charge in [-0.05, 0) is 54.8 Å². The summed E-state index contributed by atoms with van der Waals surface area (Å²) < 4.78 is 1.86. The molecule has 1 amide bonds. The van der Waals surface area contributed by atoms with Gasteiger partial charge < -0.3 is 9.88 Å². The number of fused-ring (bicyclic) bond motifs is 1. The summed E-state index contributed by atoms with van der Waals surface area (Å²) in [6, 6.07) is 11.6. The van der Waals surface area contributed by atoms with Crippen LogP contribution in [0.3, 0.4) is 0 Å². The van der Waals surface area contributed by atoms with Gasteiger partial charge in [0.2, 0.25) is 5.91 Å². The third-order valence-electron chi connectivity index (χ3n) is 4.95. The molecule has 0 fully saturated rings. The number of hydrogen-bond acceptors (Lipinski definition) is 4. The van der Waals surface area contributed by atoms with Gasteiger partial charge in [-0.3, -0.25) is 4.79 Å². The highest BCUT2D eigenvalue weighted by Gasteiger charge is 2.11. The smallest absolute Gasteiger partial charge is 0.240 e. The van der Waals surface area contributed by atoms with E-state index in [-0.39, 0.29) is 12.5 Å². The summed E-state index contributed by atoms with van der Waals surface area (Å²) in [6.07, 6.45) is 4.93. The Hall–Kier alpha value is -3.25. The van der Waals surface area contributed by atoms with Gasteiger partial charge in [-0.25, -0.2) is 15.0 Å². The van der Waals surface area contributed by atoms with E-state index in [1.165, 1.54) is 17.5 Å². The van der Waals surface area contributed by atoms with Crippen LogP contribution in [-0.4, -0.2) is 25.4 Å². The van der Waals surface area contributed by atoms with Crippen LogP contribution in [0.25, 0.3) is 22.2 Å². The highest BCUT2D eigenvalue weighted by Crippen LogP contribution is 2.23. The van der Waals surface area contributed by atoms with Crippen molar-refractivity contribution in [1.29, 1.82) is 0 Å². The second-order valence-electron chi connectivity index (χ2n) is 6.96. The van der Waals surface area contributed by atoms with Gasteiger partial charge in [0.1, 0.15) is 12.9 Å². The lowest BCUT2D eigenvalue weighted by Gasteiger charge is -2.10. The third kappa shape index (κ3) is 4.12. The summed E-state index contributed by atoms with van der Waals surface area (Å²) in [4.78, 5) is 25.4. The van der Waals surface area contributed by atoms with Gasteiger partial charge in [-0.1, -0.05) is 23.7 Å². The van der Waals surface area contributed by atoms with Crippen LogP contribution in [0.5, 0.6) is 0 Å². The van der Waals surface area contributed by atoms with Crippen molar-refractivity contribution in [2.45, 2.75) is 26.9 Å². The number of halogens is 1. The van der Waals surface area contributed by atoms with Crippen LogP contribution in [0.1, 0.15) is 16.8 Å². The van der Waals surface area contributed by atoms with Crippen molar-refractivity contribution in [3.63, 3.8) is 0 Å². The maximum atomic E-state index is 12.6. The zero-order chi connectivity index (χ0) is 20.4. The second kappa shape index (κ2) is 8.01. The van der Waals surface area contributed by atoms with E-state index in [1.807, 2.05) is 34.9 Å². The van der Waals surface area contributed by atoms with Crippen LogP contribution in [0.2, 0.25) is 5.02 Å². The molecule has 29 heavy (non-hydrogen) atoms. The summed E-state index contributed by atoms with van der Waals surface area (Å²) in [5.74, 6) is -0.108. The van der Waals surface area contributed by atoms with E-state index in [4.69, 9.17) is 11.6 Å². The van der Waals surface area contributed by atoms with Crippen LogP contribution < -0.4 is 5.32 Å². The Morgan fingerprint density at radius 2 is 1.86 bits per heavy atom. The van der Waals surface area contributed by atoms with Gasteiger partial charge in [0.05, 0.1) is 29.6 Å². The van der Waals surface area contributed by atoms with Crippen LogP contribution in [0.4, 0.5) is 0 Å². The first kappa shape index (κ1) is 19.1. The van der Waals surface area contributed by atoms with Gasteiger partial charge in [0, 0.05) is 16.8 Å². The Labute approximate surface area is 173 Å². The summed E-state index contributed by atoms with van der Waals surface area (Å²) in [5.41, 5.74) is 6.76. The molecule has 0 saturated carbocycles. The van der Waals surface area contributed by atoms with Crippen LogP contribution >= 0.6 is 11.6 Å². The summed E-state index contributed by atoms with van der Waals surface area (Å²) in [5, 5.41) is 3.61. The van der Waals surface area contributed by atoms with E-state index < -0.39 is 0 Å². The molecule has 0 bridgehead atoms. The molecule has 0 spiro atoms. The predicted octanol–water partition coefficient (Wildman–Crippen LogP) is 4.08. The molecule has 4 aromatic rings. The number of hydrogen-bond donors (Lipinski definition) is 1. The number of amides is 1. The molecule has 1 N–H and O–H groups in total. The molecule has 2 aromatic carbocycles. The van der Waals surface area contributed by atoms with Crippen molar-refractivity contribution in [2.75, 3.05) is 0 Å². The number of carbonyl (C=O) groups is 1. The van der Waals surface area contributed by atoms with E-state index in [0.29, 0.717) is 11.6 Å². The minimum Gasteiger partial charge on any atom is -0.349 e. The van der Waals surface area contributed by atoms with Crippen molar-refractivity contribution in [2.24, 2.45) is 0 Å². The zero-order valence-electron chi connectivity index (χ0n) is 16.2. The molecule has 0 atom stereocenters. The highest BCUT2D eigenvalue weighted by molar-refractivity contribution is 6.30. The molecule has 0 saturated heterocycles. The third-order valence-corrected chi connectivity index (χ3v) is 5.21. The number of rotatable bonds is 5. The number of carbonyl (C=O) groups excluding carboxylic acids is 1. The van der Waals surface area contributed by atoms with Crippen LogP contribution in [-0.2, 0) is 17.9 Å². The van der Waals surface area contributed by atoms with Gasteiger partial charge >= 0.3 is 0 Å². The fourth-order valence-electron chi connectivity index (χ4n) is 3.20. The Morgan fingerprint density at radius 1 is 1.10 bits per heavy atom. The average molecular weight is 406 g/mol. The van der Waals surface area contributed by atoms with Gasteiger partial charge in [-0.15, -0.1) is 0 Å². The minimum absolute atomic E-state index is 0.108. The molecule has 0 aliphatic carbocycles. The van der Waals surface area contributed by atoms with Crippen molar-refractivity contribution in [3.8, 4) is 11.1 Å². The number of aromatic nitrogens is 4. The van der Waals surface area contributed by atoms with Gasteiger partial charge in [-0.2, -0.15) is 0 Å². The Balaban J connectivity index is 1.48. The standard InChI is InChI=1S/C22H20ClN5O/c1-14-7-19-21(8-15(14)2)28(13-27-19)11-22(29)25-10-20-18(9-24-12-26-20)16-3-5-17(23)6-4-16/h3-9,12-13H,10-11H2,1-2H3,(H,25,29). The fraction of sp³-hybridized carbons (Fsp3) is 0.182. The maximum Gasteiger partial charge on any atom is 0.240 e. The summed E-state index contributed by atoms with van der Waals surface area (Å²) in [6.45, 7) is 4.62. The quantitative estimate of drug-likeness (QED) is 0.543. The normalized spacial score (nSPS) is 11.0. The Morgan fingerprint density at radius 3 is 2.66 bits per heavy atom. The first-order valence-corrected chi connectivity index (χ1v) is 9.62. The molecule has 2 aromatic heterocycles.